The topological polar surface area (TPSA) is 70.8 Å². The molecule has 0 saturated carbocycles. The minimum absolute atomic E-state index is 0. The molecule has 0 unspecified atom stereocenters. The molecular formula is C20H30IN7O. The van der Waals surface area contributed by atoms with Crippen LogP contribution in [0.1, 0.15) is 24.5 Å². The Morgan fingerprint density at radius 2 is 1.97 bits per heavy atom. The second kappa shape index (κ2) is 10.1. The fourth-order valence-electron chi connectivity index (χ4n) is 3.97. The molecule has 3 heterocycles. The van der Waals surface area contributed by atoms with E-state index in [1.807, 2.05) is 19.2 Å². The van der Waals surface area contributed by atoms with Crippen LogP contribution in [0, 0.1) is 0 Å². The third kappa shape index (κ3) is 4.93. The minimum atomic E-state index is 0. The lowest BCUT2D eigenvalue weighted by Crippen LogP contribution is -2.52. The summed E-state index contributed by atoms with van der Waals surface area (Å²) in [6.07, 6.45) is 3.46. The quantitative estimate of drug-likeness (QED) is 0.386. The van der Waals surface area contributed by atoms with Crippen LogP contribution < -0.4 is 15.0 Å². The van der Waals surface area contributed by atoms with E-state index in [1.165, 1.54) is 18.5 Å². The van der Waals surface area contributed by atoms with Crippen molar-refractivity contribution >= 4 is 35.6 Å². The van der Waals surface area contributed by atoms with Crippen molar-refractivity contribution in [2.24, 2.45) is 4.99 Å². The zero-order valence-electron chi connectivity index (χ0n) is 17.2. The number of rotatable bonds is 4. The molecular weight excluding hydrogens is 481 g/mol. The molecule has 29 heavy (non-hydrogen) atoms. The van der Waals surface area contributed by atoms with E-state index in [0.717, 1.165) is 62.5 Å². The molecule has 9 heteroatoms. The number of benzene rings is 1. The van der Waals surface area contributed by atoms with Gasteiger partial charge in [-0.1, -0.05) is 6.07 Å². The second-order valence-corrected chi connectivity index (χ2v) is 7.22. The number of hydrogen-bond acceptors (Lipinski definition) is 5. The van der Waals surface area contributed by atoms with Crippen molar-refractivity contribution in [3.8, 4) is 5.75 Å². The van der Waals surface area contributed by atoms with Crippen molar-refractivity contribution in [2.75, 3.05) is 45.2 Å². The van der Waals surface area contributed by atoms with Gasteiger partial charge in [-0.3, -0.25) is 4.99 Å². The van der Waals surface area contributed by atoms with Crippen LogP contribution in [0.3, 0.4) is 0 Å². The molecule has 1 fully saturated rings. The van der Waals surface area contributed by atoms with E-state index in [-0.39, 0.29) is 24.0 Å². The first-order valence-electron chi connectivity index (χ1n) is 10.0. The highest BCUT2D eigenvalue weighted by atomic mass is 127. The van der Waals surface area contributed by atoms with Gasteiger partial charge in [0.25, 0.3) is 0 Å². The second-order valence-electron chi connectivity index (χ2n) is 7.22. The number of nitrogens with one attached hydrogen (secondary N) is 1. The first-order valence-corrected chi connectivity index (χ1v) is 10.0. The van der Waals surface area contributed by atoms with Crippen molar-refractivity contribution in [1.82, 2.24) is 25.0 Å². The summed E-state index contributed by atoms with van der Waals surface area (Å²) in [5.74, 6) is 3.95. The fraction of sp³-hybridized carbons (Fsp3) is 0.550. The van der Waals surface area contributed by atoms with E-state index in [0.29, 0.717) is 6.54 Å². The number of halogens is 1. The number of ether oxygens (including phenoxy) is 1. The normalized spacial score (nSPS) is 16.8. The molecule has 2 aliphatic heterocycles. The lowest BCUT2D eigenvalue weighted by molar-refractivity contribution is 0.370. The monoisotopic (exact) mass is 511 g/mol. The van der Waals surface area contributed by atoms with E-state index in [4.69, 9.17) is 4.74 Å². The van der Waals surface area contributed by atoms with Gasteiger partial charge in [-0.25, -0.2) is 0 Å². The van der Waals surface area contributed by atoms with Gasteiger partial charge in [-0.05, 0) is 25.0 Å². The van der Waals surface area contributed by atoms with Crippen LogP contribution in [0.15, 0.2) is 29.3 Å². The van der Waals surface area contributed by atoms with E-state index in [9.17, 15) is 0 Å². The number of aryl methyl sites for hydroxylation is 1. The van der Waals surface area contributed by atoms with Crippen LogP contribution in [0.25, 0.3) is 0 Å². The molecule has 1 N–H and O–H groups in total. The Labute approximate surface area is 189 Å². The molecule has 1 aromatic carbocycles. The molecule has 0 radical (unpaired) electrons. The van der Waals surface area contributed by atoms with Crippen molar-refractivity contribution in [3.05, 3.63) is 35.9 Å². The Morgan fingerprint density at radius 1 is 1.14 bits per heavy atom. The predicted octanol–water partition coefficient (Wildman–Crippen LogP) is 2.14. The maximum atomic E-state index is 5.35. The van der Waals surface area contributed by atoms with Gasteiger partial charge >= 0.3 is 0 Å². The number of anilines is 1. The summed E-state index contributed by atoms with van der Waals surface area (Å²) in [5, 5.41) is 12.2. The number of hydrogen-bond donors (Lipinski definition) is 1. The van der Waals surface area contributed by atoms with Crippen LogP contribution in [-0.4, -0.2) is 66.0 Å². The Balaban J connectivity index is 0.00000240. The first kappa shape index (κ1) is 21.7. The van der Waals surface area contributed by atoms with Crippen LogP contribution in [-0.2, 0) is 19.5 Å². The Morgan fingerprint density at radius 3 is 2.72 bits per heavy atom. The van der Waals surface area contributed by atoms with Crippen LogP contribution in [0.4, 0.5) is 5.69 Å². The summed E-state index contributed by atoms with van der Waals surface area (Å²) in [6.45, 7) is 5.44. The van der Waals surface area contributed by atoms with E-state index < -0.39 is 0 Å². The van der Waals surface area contributed by atoms with Gasteiger partial charge in [0.2, 0.25) is 0 Å². The number of aliphatic imine (C=N–C) groups is 1. The maximum absolute atomic E-state index is 5.35. The molecule has 1 aromatic heterocycles. The molecule has 158 valence electrons. The average molecular weight is 511 g/mol. The van der Waals surface area contributed by atoms with Gasteiger partial charge in [0.15, 0.2) is 11.8 Å². The SMILES string of the molecule is CN=C(NCc1nnc2n1CCCC2)N1CCN(c2cccc(OC)c2)CC1.I. The number of methoxy groups -OCH3 is 1. The van der Waals surface area contributed by atoms with E-state index in [1.54, 1.807) is 7.11 Å². The number of guanidine groups is 1. The minimum Gasteiger partial charge on any atom is -0.497 e. The molecule has 0 atom stereocenters. The molecule has 8 nitrogen and oxygen atoms in total. The summed E-state index contributed by atoms with van der Waals surface area (Å²) in [4.78, 5) is 9.18. The molecule has 0 aliphatic carbocycles. The van der Waals surface area contributed by atoms with Crippen LogP contribution in [0.2, 0.25) is 0 Å². The maximum Gasteiger partial charge on any atom is 0.194 e. The molecule has 0 amide bonds. The van der Waals surface area contributed by atoms with Crippen LogP contribution in [0.5, 0.6) is 5.75 Å². The van der Waals surface area contributed by atoms with Crippen molar-refractivity contribution in [3.63, 3.8) is 0 Å². The largest absolute Gasteiger partial charge is 0.497 e. The molecule has 2 aromatic rings. The van der Waals surface area contributed by atoms with E-state index >= 15 is 0 Å². The Hall–Kier alpha value is -2.04. The molecule has 2 aliphatic rings. The Bertz CT molecular complexity index is 830. The van der Waals surface area contributed by atoms with Gasteiger partial charge in [-0.2, -0.15) is 0 Å². The zero-order valence-corrected chi connectivity index (χ0v) is 19.5. The summed E-state index contributed by atoms with van der Waals surface area (Å²) in [7, 11) is 3.55. The number of piperazine rings is 1. The zero-order chi connectivity index (χ0) is 19.3. The summed E-state index contributed by atoms with van der Waals surface area (Å²) in [5.41, 5.74) is 1.21. The fourth-order valence-corrected chi connectivity index (χ4v) is 3.97. The van der Waals surface area contributed by atoms with Crippen molar-refractivity contribution in [1.29, 1.82) is 0 Å². The molecule has 4 rings (SSSR count). The summed E-state index contributed by atoms with van der Waals surface area (Å²) in [6, 6.07) is 8.26. The van der Waals surface area contributed by atoms with Gasteiger partial charge in [0, 0.05) is 57.9 Å². The average Bonchev–Trinajstić information content (AvgIpc) is 3.18. The highest BCUT2D eigenvalue weighted by molar-refractivity contribution is 14.0. The lowest BCUT2D eigenvalue weighted by Gasteiger charge is -2.37. The first-order chi connectivity index (χ1) is 13.8. The van der Waals surface area contributed by atoms with Gasteiger partial charge in [-0.15, -0.1) is 34.2 Å². The summed E-state index contributed by atoms with van der Waals surface area (Å²) < 4.78 is 7.60. The Kier molecular flexibility index (Phi) is 7.57. The smallest absolute Gasteiger partial charge is 0.194 e. The lowest BCUT2D eigenvalue weighted by atomic mass is 10.2. The summed E-state index contributed by atoms with van der Waals surface area (Å²) >= 11 is 0. The third-order valence-corrected chi connectivity index (χ3v) is 5.55. The van der Waals surface area contributed by atoms with Gasteiger partial charge < -0.3 is 24.4 Å². The highest BCUT2D eigenvalue weighted by Gasteiger charge is 2.21. The van der Waals surface area contributed by atoms with Crippen LogP contribution >= 0.6 is 24.0 Å². The standard InChI is InChI=1S/C20H29N7O.HI/c1-21-20(22-15-19-24-23-18-8-3-4-9-27(18)19)26-12-10-25(11-13-26)16-6-5-7-17(14-16)28-2;/h5-7,14H,3-4,8-13,15H2,1-2H3,(H,21,22);1H. The van der Waals surface area contributed by atoms with Gasteiger partial charge in [0.05, 0.1) is 13.7 Å². The number of nitrogens with zero attached hydrogens (tertiary/aromatic N) is 6. The van der Waals surface area contributed by atoms with Gasteiger partial charge in [0.1, 0.15) is 11.6 Å². The number of aromatic nitrogens is 3. The highest BCUT2D eigenvalue weighted by Crippen LogP contribution is 2.22. The molecule has 1 saturated heterocycles. The number of fused-ring (bicyclic) bond motifs is 1. The van der Waals surface area contributed by atoms with E-state index in [2.05, 4.69) is 47.0 Å². The third-order valence-electron chi connectivity index (χ3n) is 5.55. The molecule has 0 spiro atoms. The van der Waals surface area contributed by atoms with Crippen molar-refractivity contribution < 1.29 is 4.74 Å². The predicted molar refractivity (Wildman–Crippen MR) is 125 cm³/mol. The van der Waals surface area contributed by atoms with Crippen molar-refractivity contribution in [2.45, 2.75) is 32.4 Å². The molecule has 0 bridgehead atoms.